The topological polar surface area (TPSA) is 52.9 Å². The molecule has 1 N–H and O–H groups in total. The highest BCUT2D eigenvalue weighted by Crippen LogP contribution is 2.15. The number of anilines is 1. The second-order valence-corrected chi connectivity index (χ2v) is 6.49. The molecule has 1 aromatic carbocycles. The maximum Gasteiger partial charge on any atom is 0.224 e. The molecule has 0 spiro atoms. The molecule has 3 nitrogen and oxygen atoms in total. The molecule has 0 aliphatic carbocycles. The van der Waals surface area contributed by atoms with Crippen LogP contribution in [0.3, 0.4) is 0 Å². The summed E-state index contributed by atoms with van der Waals surface area (Å²) in [6.07, 6.45) is 14.6. The van der Waals surface area contributed by atoms with E-state index in [2.05, 4.69) is 18.3 Å². The average molecular weight is 328 g/mol. The molecule has 0 aromatic heterocycles. The summed E-state index contributed by atoms with van der Waals surface area (Å²) in [5.74, 6) is 0.00799. The fraction of sp³-hybridized carbons (Fsp3) is 0.619. The Morgan fingerprint density at radius 1 is 0.917 bits per heavy atom. The third-order valence-electron chi connectivity index (χ3n) is 4.33. The Hall–Kier alpha value is -1.82. The van der Waals surface area contributed by atoms with E-state index in [9.17, 15) is 4.79 Å². The van der Waals surface area contributed by atoms with Gasteiger partial charge in [0.05, 0.1) is 11.3 Å². The van der Waals surface area contributed by atoms with Crippen molar-refractivity contribution in [2.24, 2.45) is 0 Å². The minimum Gasteiger partial charge on any atom is -0.325 e. The SMILES string of the molecule is CCCCCCCCCCCCCC(=O)Nc1ccccc1C#N. The van der Waals surface area contributed by atoms with Gasteiger partial charge >= 0.3 is 0 Å². The van der Waals surface area contributed by atoms with Crippen LogP contribution in [-0.4, -0.2) is 5.91 Å². The highest BCUT2D eigenvalue weighted by Gasteiger charge is 2.05. The van der Waals surface area contributed by atoms with Gasteiger partial charge in [-0.2, -0.15) is 5.26 Å². The number of para-hydroxylation sites is 1. The van der Waals surface area contributed by atoms with Gasteiger partial charge in [0.25, 0.3) is 0 Å². The highest BCUT2D eigenvalue weighted by atomic mass is 16.1. The van der Waals surface area contributed by atoms with Gasteiger partial charge < -0.3 is 5.32 Å². The van der Waals surface area contributed by atoms with E-state index in [4.69, 9.17) is 5.26 Å². The molecule has 0 heterocycles. The summed E-state index contributed by atoms with van der Waals surface area (Å²) in [6, 6.07) is 9.23. The van der Waals surface area contributed by atoms with Crippen molar-refractivity contribution in [3.8, 4) is 6.07 Å². The molecule has 0 saturated heterocycles. The number of hydrogen-bond acceptors (Lipinski definition) is 2. The van der Waals surface area contributed by atoms with Crippen LogP contribution in [0.15, 0.2) is 24.3 Å². The number of nitriles is 1. The van der Waals surface area contributed by atoms with E-state index in [0.29, 0.717) is 17.7 Å². The van der Waals surface area contributed by atoms with Crippen molar-refractivity contribution < 1.29 is 4.79 Å². The van der Waals surface area contributed by atoms with Crippen molar-refractivity contribution in [2.45, 2.75) is 84.0 Å². The first kappa shape index (κ1) is 20.2. The highest BCUT2D eigenvalue weighted by molar-refractivity contribution is 5.92. The first-order chi connectivity index (χ1) is 11.8. The Morgan fingerprint density at radius 2 is 1.46 bits per heavy atom. The normalized spacial score (nSPS) is 10.3. The second kappa shape index (κ2) is 13.6. The monoisotopic (exact) mass is 328 g/mol. The second-order valence-electron chi connectivity index (χ2n) is 6.49. The zero-order valence-electron chi connectivity index (χ0n) is 15.2. The van der Waals surface area contributed by atoms with Crippen LogP contribution in [0.4, 0.5) is 5.69 Å². The molecule has 0 radical (unpaired) electrons. The molecule has 0 saturated carbocycles. The lowest BCUT2D eigenvalue weighted by Crippen LogP contribution is -2.12. The Bertz CT molecular complexity index is 505. The first-order valence-corrected chi connectivity index (χ1v) is 9.57. The molecular formula is C21H32N2O. The van der Waals surface area contributed by atoms with Gasteiger partial charge in [-0.1, -0.05) is 83.3 Å². The first-order valence-electron chi connectivity index (χ1n) is 9.57. The van der Waals surface area contributed by atoms with Crippen LogP contribution in [0.1, 0.15) is 89.5 Å². The minimum absolute atomic E-state index is 0.00799. The Kier molecular flexibility index (Phi) is 11.5. The third-order valence-corrected chi connectivity index (χ3v) is 4.33. The van der Waals surface area contributed by atoms with Crippen molar-refractivity contribution >= 4 is 11.6 Å². The van der Waals surface area contributed by atoms with Gasteiger partial charge in [0, 0.05) is 6.42 Å². The van der Waals surface area contributed by atoms with Crippen LogP contribution in [0, 0.1) is 11.3 Å². The molecule has 0 aliphatic rings. The summed E-state index contributed by atoms with van der Waals surface area (Å²) in [6.45, 7) is 2.25. The lowest BCUT2D eigenvalue weighted by atomic mass is 10.1. The predicted octanol–water partition coefficient (Wildman–Crippen LogP) is 6.20. The zero-order chi connectivity index (χ0) is 17.5. The van der Waals surface area contributed by atoms with Crippen molar-refractivity contribution in [3.63, 3.8) is 0 Å². The van der Waals surface area contributed by atoms with Crippen LogP contribution in [-0.2, 0) is 4.79 Å². The Labute approximate surface area is 147 Å². The van der Waals surface area contributed by atoms with Crippen LogP contribution < -0.4 is 5.32 Å². The van der Waals surface area contributed by atoms with E-state index in [1.165, 1.54) is 57.8 Å². The summed E-state index contributed by atoms with van der Waals surface area (Å²) in [5.41, 5.74) is 1.14. The van der Waals surface area contributed by atoms with E-state index in [-0.39, 0.29) is 5.91 Å². The van der Waals surface area contributed by atoms with Gasteiger partial charge in [0.1, 0.15) is 6.07 Å². The van der Waals surface area contributed by atoms with E-state index >= 15 is 0 Å². The summed E-state index contributed by atoms with van der Waals surface area (Å²) >= 11 is 0. The standard InChI is InChI=1S/C21H32N2O/c1-2-3-4-5-6-7-8-9-10-11-12-17-21(24)23-20-16-14-13-15-19(20)18-22/h13-16H,2-12,17H2,1H3,(H,23,24). The summed E-state index contributed by atoms with van der Waals surface area (Å²) in [4.78, 5) is 11.9. The zero-order valence-corrected chi connectivity index (χ0v) is 15.2. The number of benzene rings is 1. The number of carbonyl (C=O) groups is 1. The van der Waals surface area contributed by atoms with Crippen molar-refractivity contribution in [1.82, 2.24) is 0 Å². The summed E-state index contributed by atoms with van der Waals surface area (Å²) in [7, 11) is 0. The van der Waals surface area contributed by atoms with Crippen LogP contribution in [0.25, 0.3) is 0 Å². The van der Waals surface area contributed by atoms with E-state index < -0.39 is 0 Å². The van der Waals surface area contributed by atoms with Crippen LogP contribution >= 0.6 is 0 Å². The molecule has 1 amide bonds. The number of rotatable bonds is 13. The van der Waals surface area contributed by atoms with Crippen molar-refractivity contribution in [3.05, 3.63) is 29.8 Å². The molecule has 0 atom stereocenters. The maximum absolute atomic E-state index is 11.9. The van der Waals surface area contributed by atoms with Gasteiger partial charge in [0.15, 0.2) is 0 Å². The largest absolute Gasteiger partial charge is 0.325 e. The minimum atomic E-state index is 0.00799. The van der Waals surface area contributed by atoms with Gasteiger partial charge in [-0.05, 0) is 18.6 Å². The number of nitrogens with zero attached hydrogens (tertiary/aromatic N) is 1. The molecule has 3 heteroatoms. The molecule has 1 rings (SSSR count). The van der Waals surface area contributed by atoms with Crippen LogP contribution in [0.2, 0.25) is 0 Å². The number of unbranched alkanes of at least 4 members (excludes halogenated alkanes) is 10. The fourth-order valence-electron chi connectivity index (χ4n) is 2.85. The Morgan fingerprint density at radius 3 is 2.04 bits per heavy atom. The maximum atomic E-state index is 11.9. The smallest absolute Gasteiger partial charge is 0.224 e. The van der Waals surface area contributed by atoms with Crippen LogP contribution in [0.5, 0.6) is 0 Å². The lowest BCUT2D eigenvalue weighted by molar-refractivity contribution is -0.116. The van der Waals surface area contributed by atoms with Gasteiger partial charge in [-0.15, -0.1) is 0 Å². The number of amides is 1. The van der Waals surface area contributed by atoms with Crippen molar-refractivity contribution in [2.75, 3.05) is 5.32 Å². The van der Waals surface area contributed by atoms with E-state index in [1.807, 2.05) is 6.07 Å². The van der Waals surface area contributed by atoms with E-state index in [0.717, 1.165) is 12.8 Å². The number of nitrogens with one attached hydrogen (secondary N) is 1. The Balaban J connectivity index is 1.99. The predicted molar refractivity (Wildman–Crippen MR) is 101 cm³/mol. The van der Waals surface area contributed by atoms with Gasteiger partial charge in [-0.25, -0.2) is 0 Å². The van der Waals surface area contributed by atoms with Gasteiger partial charge in [-0.3, -0.25) is 4.79 Å². The molecule has 0 aliphatic heterocycles. The molecule has 0 bridgehead atoms. The molecule has 1 aromatic rings. The lowest BCUT2D eigenvalue weighted by Gasteiger charge is -2.06. The molecule has 0 unspecified atom stereocenters. The van der Waals surface area contributed by atoms with Crippen molar-refractivity contribution in [1.29, 1.82) is 5.26 Å². The average Bonchev–Trinajstić information content (AvgIpc) is 2.60. The fourth-order valence-corrected chi connectivity index (χ4v) is 2.85. The third kappa shape index (κ3) is 9.35. The molecule has 0 fully saturated rings. The number of carbonyl (C=O) groups excluding carboxylic acids is 1. The quantitative estimate of drug-likeness (QED) is 0.438. The number of hydrogen-bond donors (Lipinski definition) is 1. The van der Waals surface area contributed by atoms with E-state index in [1.54, 1.807) is 18.2 Å². The molecular weight excluding hydrogens is 296 g/mol. The molecule has 132 valence electrons. The summed E-state index contributed by atoms with van der Waals surface area (Å²) in [5, 5.41) is 11.8. The van der Waals surface area contributed by atoms with Gasteiger partial charge in [0.2, 0.25) is 5.91 Å². The molecule has 24 heavy (non-hydrogen) atoms. The summed E-state index contributed by atoms with van der Waals surface area (Å²) < 4.78 is 0.